The molecule has 48 valence electrons. The molecule has 5 heteroatoms. The lowest BCUT2D eigenvalue weighted by Crippen LogP contribution is -2.02. The first-order valence-electron chi connectivity index (χ1n) is 1.99. The molecule has 8 heavy (non-hydrogen) atoms. The lowest BCUT2D eigenvalue weighted by Gasteiger charge is -1.92. The molecule has 0 radical (unpaired) electrons. The summed E-state index contributed by atoms with van der Waals surface area (Å²) in [6.45, 7) is 4.30. The maximum Gasteiger partial charge on any atom is 0.328 e. The molecule has 0 aromatic carbocycles. The Morgan fingerprint density at radius 3 is 2.38 bits per heavy atom. The third-order valence-corrected chi connectivity index (χ3v) is 1.56. The molecular formula is C3H7NO3S. The van der Waals surface area contributed by atoms with Gasteiger partial charge in [0.25, 0.3) is 0 Å². The van der Waals surface area contributed by atoms with E-state index in [9.17, 15) is 8.42 Å². The third kappa shape index (κ3) is 2.57. The Morgan fingerprint density at radius 2 is 2.25 bits per heavy atom. The fourth-order valence-electron chi connectivity index (χ4n) is 0.133. The molecule has 0 heterocycles. The van der Waals surface area contributed by atoms with E-state index in [-0.39, 0.29) is 5.75 Å². The van der Waals surface area contributed by atoms with E-state index in [2.05, 4.69) is 16.2 Å². The third-order valence-electron chi connectivity index (χ3n) is 0.520. The molecule has 0 aliphatic rings. The van der Waals surface area contributed by atoms with E-state index in [1.54, 1.807) is 0 Å². The highest BCUT2D eigenvalue weighted by molar-refractivity contribution is 7.86. The van der Waals surface area contributed by atoms with Crippen molar-refractivity contribution in [1.29, 1.82) is 0 Å². The van der Waals surface area contributed by atoms with Crippen LogP contribution in [0.3, 0.4) is 0 Å². The molecule has 0 N–H and O–H groups in total. The molecule has 0 aromatic heterocycles. The van der Waals surface area contributed by atoms with Gasteiger partial charge in [0.15, 0.2) is 0 Å². The van der Waals surface area contributed by atoms with Crippen molar-refractivity contribution < 1.29 is 12.7 Å². The minimum absolute atomic E-state index is 0.0774. The molecule has 0 rings (SSSR count). The fraction of sp³-hybridized carbons (Fsp3) is 0.667. The van der Waals surface area contributed by atoms with Crippen molar-refractivity contribution in [3.05, 3.63) is 0 Å². The maximum absolute atomic E-state index is 10.2. The fourth-order valence-corrected chi connectivity index (χ4v) is 0.399. The van der Waals surface area contributed by atoms with Crippen molar-refractivity contribution >= 4 is 16.8 Å². The molecule has 0 fully saturated rings. The first-order chi connectivity index (χ1) is 3.62. The summed E-state index contributed by atoms with van der Waals surface area (Å²) in [6.07, 6.45) is 0. The molecule has 0 spiro atoms. The van der Waals surface area contributed by atoms with Crippen LogP contribution in [0, 0.1) is 0 Å². The molecule has 0 atom stereocenters. The standard InChI is InChI=1S/C3H7NO3S/c1-3-8(5,6)7-4-2/h2-3H2,1H3. The van der Waals surface area contributed by atoms with Crippen LogP contribution in [0.1, 0.15) is 6.92 Å². The highest BCUT2D eigenvalue weighted by Crippen LogP contribution is 1.89. The lowest BCUT2D eigenvalue weighted by atomic mass is 11.0. The van der Waals surface area contributed by atoms with Crippen LogP contribution in [0.25, 0.3) is 0 Å². The summed E-state index contributed by atoms with van der Waals surface area (Å²) in [6, 6.07) is 0. The van der Waals surface area contributed by atoms with E-state index in [4.69, 9.17) is 0 Å². The molecule has 0 saturated carbocycles. The lowest BCUT2D eigenvalue weighted by molar-refractivity contribution is 0.343. The summed E-state index contributed by atoms with van der Waals surface area (Å²) in [4.78, 5) is 0. The van der Waals surface area contributed by atoms with Gasteiger partial charge in [-0.15, -0.1) is 0 Å². The second-order valence-corrected chi connectivity index (χ2v) is 2.89. The van der Waals surface area contributed by atoms with E-state index >= 15 is 0 Å². The Hall–Kier alpha value is -0.580. The van der Waals surface area contributed by atoms with E-state index in [1.807, 2.05) is 0 Å². The van der Waals surface area contributed by atoms with Crippen molar-refractivity contribution in [2.45, 2.75) is 6.92 Å². The van der Waals surface area contributed by atoms with Gasteiger partial charge in [-0.2, -0.15) is 8.42 Å². The smallest absolute Gasteiger partial charge is 0.269 e. The maximum atomic E-state index is 10.2. The first kappa shape index (κ1) is 7.42. The molecule has 0 unspecified atom stereocenters. The van der Waals surface area contributed by atoms with Gasteiger partial charge >= 0.3 is 10.1 Å². The first-order valence-corrected chi connectivity index (χ1v) is 3.57. The zero-order valence-electron chi connectivity index (χ0n) is 4.49. The van der Waals surface area contributed by atoms with Crippen LogP contribution in [0.15, 0.2) is 5.16 Å². The molecular weight excluding hydrogens is 130 g/mol. The molecule has 0 amide bonds. The van der Waals surface area contributed by atoms with E-state index in [0.717, 1.165) is 0 Å². The van der Waals surface area contributed by atoms with Gasteiger partial charge in [-0.3, -0.25) is 4.28 Å². The van der Waals surface area contributed by atoms with Gasteiger partial charge in [0.05, 0.1) is 5.75 Å². The van der Waals surface area contributed by atoms with Crippen LogP contribution in [0.4, 0.5) is 0 Å². The van der Waals surface area contributed by atoms with Crippen LogP contribution >= 0.6 is 0 Å². The van der Waals surface area contributed by atoms with Crippen molar-refractivity contribution in [3.8, 4) is 0 Å². The van der Waals surface area contributed by atoms with Gasteiger partial charge in [-0.1, -0.05) is 5.16 Å². The Balaban J connectivity index is 3.94. The molecule has 0 aliphatic heterocycles. The van der Waals surface area contributed by atoms with E-state index < -0.39 is 10.1 Å². The molecule has 0 bridgehead atoms. The largest absolute Gasteiger partial charge is 0.328 e. The number of hydrogen-bond acceptors (Lipinski definition) is 4. The molecule has 0 saturated heterocycles. The van der Waals surface area contributed by atoms with Crippen LogP contribution in [-0.2, 0) is 14.4 Å². The van der Waals surface area contributed by atoms with Gasteiger partial charge in [0, 0.05) is 6.72 Å². The van der Waals surface area contributed by atoms with Crippen molar-refractivity contribution in [3.63, 3.8) is 0 Å². The number of rotatable bonds is 3. The zero-order valence-corrected chi connectivity index (χ0v) is 5.31. The topological polar surface area (TPSA) is 55.7 Å². The van der Waals surface area contributed by atoms with Gasteiger partial charge < -0.3 is 0 Å². The highest BCUT2D eigenvalue weighted by Gasteiger charge is 2.03. The Morgan fingerprint density at radius 1 is 1.75 bits per heavy atom. The van der Waals surface area contributed by atoms with Gasteiger partial charge in [-0.05, 0) is 6.92 Å². The van der Waals surface area contributed by atoms with Crippen molar-refractivity contribution in [1.82, 2.24) is 0 Å². The van der Waals surface area contributed by atoms with Gasteiger partial charge in [0.1, 0.15) is 0 Å². The van der Waals surface area contributed by atoms with Gasteiger partial charge in [0.2, 0.25) is 0 Å². The summed E-state index contributed by atoms with van der Waals surface area (Å²) in [5.41, 5.74) is 0. The minimum atomic E-state index is -3.40. The van der Waals surface area contributed by atoms with Crippen LogP contribution in [0.5, 0.6) is 0 Å². The second-order valence-electron chi connectivity index (χ2n) is 1.05. The predicted octanol–water partition coefficient (Wildman–Crippen LogP) is -0.0317. The number of oxime groups is 1. The Bertz CT molecular complexity index is 159. The average Bonchev–Trinajstić information content (AvgIpc) is 1.67. The van der Waals surface area contributed by atoms with Crippen LogP contribution in [-0.4, -0.2) is 20.9 Å². The SMILES string of the molecule is C=NOS(=O)(=O)CC. The summed E-state index contributed by atoms with van der Waals surface area (Å²) < 4.78 is 24.4. The summed E-state index contributed by atoms with van der Waals surface area (Å²) in [5.74, 6) is -0.0774. The predicted molar refractivity (Wildman–Crippen MR) is 30.1 cm³/mol. The quantitative estimate of drug-likeness (QED) is 0.405. The van der Waals surface area contributed by atoms with E-state index in [1.165, 1.54) is 6.92 Å². The van der Waals surface area contributed by atoms with Crippen molar-refractivity contribution in [2.24, 2.45) is 5.16 Å². The zero-order chi connectivity index (χ0) is 6.62. The Labute approximate surface area is 48.3 Å². The molecule has 0 aromatic rings. The van der Waals surface area contributed by atoms with Crippen LogP contribution in [0.2, 0.25) is 0 Å². The minimum Gasteiger partial charge on any atom is -0.269 e. The highest BCUT2D eigenvalue weighted by atomic mass is 32.2. The molecule has 0 aliphatic carbocycles. The number of hydrogen-bond donors (Lipinski definition) is 0. The van der Waals surface area contributed by atoms with Crippen molar-refractivity contribution in [2.75, 3.05) is 5.75 Å². The van der Waals surface area contributed by atoms with Gasteiger partial charge in [-0.25, -0.2) is 0 Å². The molecule has 4 nitrogen and oxygen atoms in total. The monoisotopic (exact) mass is 137 g/mol. The van der Waals surface area contributed by atoms with E-state index in [0.29, 0.717) is 0 Å². The summed E-state index contributed by atoms with van der Waals surface area (Å²) in [7, 11) is -3.40. The second kappa shape index (κ2) is 2.66. The summed E-state index contributed by atoms with van der Waals surface area (Å²) in [5, 5.41) is 2.74. The normalized spacial score (nSPS) is 10.6. The number of nitrogens with zero attached hydrogens (tertiary/aromatic N) is 1. The average molecular weight is 137 g/mol. The Kier molecular flexibility index (Phi) is 2.47. The van der Waals surface area contributed by atoms with Crippen LogP contribution < -0.4 is 0 Å². The summed E-state index contributed by atoms with van der Waals surface area (Å²) >= 11 is 0.